The molecule has 1 atom stereocenters. The molecule has 1 unspecified atom stereocenters. The summed E-state index contributed by atoms with van der Waals surface area (Å²) in [4.78, 5) is 11.8. The highest BCUT2D eigenvalue weighted by molar-refractivity contribution is 5.83. The maximum Gasteiger partial charge on any atom is 0.157 e. The quantitative estimate of drug-likeness (QED) is 0.771. The molecule has 0 spiro atoms. The Hall–Kier alpha value is -0.410. The zero-order valence-electron chi connectivity index (χ0n) is 11.4. The fourth-order valence-electron chi connectivity index (χ4n) is 4.11. The third-order valence-corrected chi connectivity index (χ3v) is 5.44. The number of rotatable bonds is 4. The molecule has 0 radical (unpaired) electrons. The lowest BCUT2D eigenvalue weighted by Crippen LogP contribution is -2.29. The number of ketones is 1. The van der Waals surface area contributed by atoms with Gasteiger partial charge in [0, 0.05) is 12.0 Å². The van der Waals surface area contributed by atoms with Gasteiger partial charge in [0.15, 0.2) is 6.29 Å². The Morgan fingerprint density at radius 2 is 2.06 bits per heavy atom. The van der Waals surface area contributed by atoms with Crippen molar-refractivity contribution in [3.63, 3.8) is 0 Å². The van der Waals surface area contributed by atoms with E-state index in [0.29, 0.717) is 5.78 Å². The van der Waals surface area contributed by atoms with E-state index in [9.17, 15) is 4.79 Å². The van der Waals surface area contributed by atoms with E-state index in [4.69, 9.17) is 9.47 Å². The Bertz CT molecular complexity index is 323. The number of fused-ring (bicyclic) bond motifs is 2. The van der Waals surface area contributed by atoms with E-state index in [1.54, 1.807) is 6.92 Å². The predicted molar refractivity (Wildman–Crippen MR) is 68.2 cm³/mol. The van der Waals surface area contributed by atoms with Crippen LogP contribution < -0.4 is 0 Å². The molecule has 2 saturated carbocycles. The van der Waals surface area contributed by atoms with Crippen molar-refractivity contribution < 1.29 is 14.3 Å². The Morgan fingerprint density at radius 1 is 1.28 bits per heavy atom. The van der Waals surface area contributed by atoms with Gasteiger partial charge in [0.05, 0.1) is 6.61 Å². The SMILES string of the molecule is CC(=O)C12CCC(COC3CCCCO3)(CC1)C2. The maximum atomic E-state index is 11.8. The van der Waals surface area contributed by atoms with Gasteiger partial charge in [-0.1, -0.05) is 0 Å². The first-order valence-corrected chi connectivity index (χ1v) is 7.39. The van der Waals surface area contributed by atoms with Crippen LogP contribution >= 0.6 is 0 Å². The second kappa shape index (κ2) is 4.61. The summed E-state index contributed by atoms with van der Waals surface area (Å²) in [6.07, 6.45) is 8.98. The standard InChI is InChI=1S/C15H24O3/c1-12(16)15-7-5-14(10-15,6-8-15)11-18-13-4-2-3-9-17-13/h13H,2-11H2,1H3. The Balaban J connectivity index is 1.56. The Kier molecular flexibility index (Phi) is 3.23. The molecule has 3 aliphatic rings. The van der Waals surface area contributed by atoms with Crippen LogP contribution in [-0.2, 0) is 14.3 Å². The monoisotopic (exact) mass is 252 g/mol. The van der Waals surface area contributed by atoms with Crippen LogP contribution in [0, 0.1) is 10.8 Å². The zero-order valence-corrected chi connectivity index (χ0v) is 11.4. The van der Waals surface area contributed by atoms with Crippen LogP contribution in [0.1, 0.15) is 58.3 Å². The van der Waals surface area contributed by atoms with Gasteiger partial charge in [0.2, 0.25) is 0 Å². The van der Waals surface area contributed by atoms with Crippen molar-refractivity contribution in [2.24, 2.45) is 10.8 Å². The van der Waals surface area contributed by atoms with Crippen molar-refractivity contribution in [1.29, 1.82) is 0 Å². The summed E-state index contributed by atoms with van der Waals surface area (Å²) in [5.41, 5.74) is 0.295. The second-order valence-corrected chi connectivity index (χ2v) is 6.62. The van der Waals surface area contributed by atoms with Crippen molar-refractivity contribution in [3.05, 3.63) is 0 Å². The Labute approximate surface area is 109 Å². The van der Waals surface area contributed by atoms with Crippen LogP contribution in [-0.4, -0.2) is 25.3 Å². The topological polar surface area (TPSA) is 35.5 Å². The average molecular weight is 252 g/mol. The average Bonchev–Trinajstić information content (AvgIpc) is 2.96. The smallest absolute Gasteiger partial charge is 0.157 e. The lowest BCUT2D eigenvalue weighted by molar-refractivity contribution is -0.178. The lowest BCUT2D eigenvalue weighted by Gasteiger charge is -2.30. The van der Waals surface area contributed by atoms with Crippen LogP contribution in [0.2, 0.25) is 0 Å². The van der Waals surface area contributed by atoms with Crippen LogP contribution in [0.4, 0.5) is 0 Å². The van der Waals surface area contributed by atoms with Gasteiger partial charge >= 0.3 is 0 Å². The minimum absolute atomic E-state index is 0.0107. The predicted octanol–water partition coefficient (Wildman–Crippen LogP) is 3.07. The summed E-state index contributed by atoms with van der Waals surface area (Å²) in [5, 5.41) is 0. The molecule has 0 aromatic heterocycles. The van der Waals surface area contributed by atoms with Crippen LogP contribution in [0.5, 0.6) is 0 Å². The minimum atomic E-state index is 0.0107. The van der Waals surface area contributed by atoms with Crippen molar-refractivity contribution in [2.75, 3.05) is 13.2 Å². The van der Waals surface area contributed by atoms with E-state index in [-0.39, 0.29) is 17.1 Å². The molecule has 3 fully saturated rings. The number of hydrogen-bond acceptors (Lipinski definition) is 3. The van der Waals surface area contributed by atoms with E-state index in [2.05, 4.69) is 0 Å². The molecule has 18 heavy (non-hydrogen) atoms. The first kappa shape index (κ1) is 12.6. The summed E-state index contributed by atoms with van der Waals surface area (Å²) in [5.74, 6) is 0.399. The lowest BCUT2D eigenvalue weighted by atomic mass is 9.80. The van der Waals surface area contributed by atoms with Gasteiger partial charge in [-0.25, -0.2) is 0 Å². The first-order chi connectivity index (χ1) is 8.64. The zero-order chi connectivity index (χ0) is 12.6. The molecule has 102 valence electrons. The van der Waals surface area contributed by atoms with Gasteiger partial charge in [-0.2, -0.15) is 0 Å². The Morgan fingerprint density at radius 3 is 2.61 bits per heavy atom. The van der Waals surface area contributed by atoms with E-state index >= 15 is 0 Å². The molecule has 3 heteroatoms. The van der Waals surface area contributed by atoms with Crippen molar-refractivity contribution in [1.82, 2.24) is 0 Å². The van der Waals surface area contributed by atoms with E-state index < -0.39 is 0 Å². The summed E-state index contributed by atoms with van der Waals surface area (Å²) in [7, 11) is 0. The summed E-state index contributed by atoms with van der Waals surface area (Å²) in [6, 6.07) is 0. The van der Waals surface area contributed by atoms with Gasteiger partial charge in [-0.15, -0.1) is 0 Å². The molecule has 0 N–H and O–H groups in total. The van der Waals surface area contributed by atoms with Gasteiger partial charge < -0.3 is 9.47 Å². The van der Waals surface area contributed by atoms with Gasteiger partial charge in [-0.05, 0) is 63.7 Å². The van der Waals surface area contributed by atoms with E-state index in [1.165, 1.54) is 25.7 Å². The highest BCUT2D eigenvalue weighted by Gasteiger charge is 2.56. The third-order valence-electron chi connectivity index (χ3n) is 5.44. The molecule has 3 nitrogen and oxygen atoms in total. The number of carbonyl (C=O) groups is 1. The molecule has 0 aromatic rings. The number of Topliss-reactive ketones (excluding diaryl/α,β-unsaturated/α-hetero) is 1. The molecule has 1 aliphatic heterocycles. The van der Waals surface area contributed by atoms with Gasteiger partial charge in [0.1, 0.15) is 5.78 Å². The third kappa shape index (κ3) is 2.12. The largest absolute Gasteiger partial charge is 0.353 e. The molecule has 2 bridgehead atoms. The van der Waals surface area contributed by atoms with Crippen LogP contribution in [0.15, 0.2) is 0 Å². The fraction of sp³-hybridized carbons (Fsp3) is 0.933. The summed E-state index contributed by atoms with van der Waals surface area (Å²) >= 11 is 0. The first-order valence-electron chi connectivity index (χ1n) is 7.39. The van der Waals surface area contributed by atoms with Crippen molar-refractivity contribution >= 4 is 5.78 Å². The molecule has 1 saturated heterocycles. The number of hydrogen-bond donors (Lipinski definition) is 0. The molecule has 2 aliphatic carbocycles. The highest BCUT2D eigenvalue weighted by atomic mass is 16.7. The van der Waals surface area contributed by atoms with E-state index in [1.807, 2.05) is 0 Å². The van der Waals surface area contributed by atoms with Gasteiger partial charge in [-0.3, -0.25) is 4.79 Å². The molecule has 3 rings (SSSR count). The fourth-order valence-corrected chi connectivity index (χ4v) is 4.11. The molecular formula is C15H24O3. The minimum Gasteiger partial charge on any atom is -0.353 e. The maximum absolute atomic E-state index is 11.8. The van der Waals surface area contributed by atoms with Crippen LogP contribution in [0.25, 0.3) is 0 Å². The molecule has 0 aromatic carbocycles. The molecular weight excluding hydrogens is 228 g/mol. The number of ether oxygens (including phenoxy) is 2. The van der Waals surface area contributed by atoms with Gasteiger partial charge in [0.25, 0.3) is 0 Å². The molecule has 0 amide bonds. The van der Waals surface area contributed by atoms with Crippen molar-refractivity contribution in [2.45, 2.75) is 64.6 Å². The van der Waals surface area contributed by atoms with Crippen molar-refractivity contribution in [3.8, 4) is 0 Å². The molecule has 1 heterocycles. The normalized spacial score (nSPS) is 43.3. The second-order valence-electron chi connectivity index (χ2n) is 6.62. The number of carbonyl (C=O) groups excluding carboxylic acids is 1. The summed E-state index contributed by atoms with van der Waals surface area (Å²) in [6.45, 7) is 3.41. The highest BCUT2D eigenvalue weighted by Crippen LogP contribution is 2.62. The van der Waals surface area contributed by atoms with E-state index in [0.717, 1.165) is 38.9 Å². The summed E-state index contributed by atoms with van der Waals surface area (Å²) < 4.78 is 11.6. The van der Waals surface area contributed by atoms with Crippen LogP contribution in [0.3, 0.4) is 0 Å².